The lowest BCUT2D eigenvalue weighted by atomic mass is 9.47. The molecule has 6 atom stereocenters. The molecule has 4 fully saturated rings. The van der Waals surface area contributed by atoms with Crippen LogP contribution in [0.5, 0.6) is 0 Å². The molecule has 3 saturated carbocycles. The van der Waals surface area contributed by atoms with Crippen LogP contribution in [-0.4, -0.2) is 37.8 Å². The second-order valence-corrected chi connectivity index (χ2v) is 17.1. The van der Waals surface area contributed by atoms with Gasteiger partial charge in [0, 0.05) is 18.3 Å². The van der Waals surface area contributed by atoms with Crippen molar-refractivity contribution in [3.05, 3.63) is 11.6 Å². The lowest BCUT2D eigenvalue weighted by Gasteiger charge is -2.59. The maximum absolute atomic E-state index is 11.7. The second kappa shape index (κ2) is 6.70. The normalized spacial score (nSPS) is 47.0. The maximum atomic E-state index is 11.7. The van der Waals surface area contributed by atoms with Gasteiger partial charge in [0.2, 0.25) is 0 Å². The first-order valence-electron chi connectivity index (χ1n) is 12.2. The maximum Gasteiger partial charge on any atom is 0.172 e. The fourth-order valence-electron chi connectivity index (χ4n) is 7.86. The third-order valence-corrected chi connectivity index (χ3v) is 10.6. The van der Waals surface area contributed by atoms with Crippen molar-refractivity contribution in [2.45, 2.75) is 96.2 Å². The molecule has 0 amide bonds. The van der Waals surface area contributed by atoms with Gasteiger partial charge in [-0.1, -0.05) is 51.1 Å². The fraction of sp³-hybridized carbons (Fsp3) is 0.846. The summed E-state index contributed by atoms with van der Waals surface area (Å²) in [4.78, 5) is 0. The molecule has 0 bridgehead atoms. The number of hydrogen-bond acceptors (Lipinski definition) is 3. The Kier molecular flexibility index (Phi) is 4.75. The molecule has 0 aromatic carbocycles. The van der Waals surface area contributed by atoms with Gasteiger partial charge in [-0.25, -0.2) is 0 Å². The van der Waals surface area contributed by atoms with Gasteiger partial charge in [-0.3, -0.25) is 0 Å². The molecule has 4 aliphatic carbocycles. The van der Waals surface area contributed by atoms with Gasteiger partial charge in [-0.05, 0) is 61.7 Å². The highest BCUT2D eigenvalue weighted by Crippen LogP contribution is 2.67. The Morgan fingerprint density at radius 3 is 2.40 bits per heavy atom. The Bertz CT molecular complexity index is 810. The molecule has 0 radical (unpaired) electrons. The first-order valence-corrected chi connectivity index (χ1v) is 15.7. The SMILES string of the molecule is C[C@]12CCC3(CC1=CC[C@@H]1[C@@H]2CC[C@@]2(C)[C@H]1CC[C@@]2(O)C#C[Si](C)(C)C)OCCO3. The number of rotatable bonds is 0. The van der Waals surface area contributed by atoms with Crippen molar-refractivity contribution >= 4 is 8.07 Å². The smallest absolute Gasteiger partial charge is 0.172 e. The lowest BCUT2D eigenvalue weighted by Crippen LogP contribution is -2.55. The summed E-state index contributed by atoms with van der Waals surface area (Å²) in [6, 6.07) is 0. The zero-order valence-corrected chi connectivity index (χ0v) is 20.6. The van der Waals surface area contributed by atoms with Crippen molar-refractivity contribution in [3.8, 4) is 11.5 Å². The van der Waals surface area contributed by atoms with E-state index in [-0.39, 0.29) is 16.6 Å². The first kappa shape index (κ1) is 21.3. The Hall–Kier alpha value is -0.603. The van der Waals surface area contributed by atoms with E-state index in [1.165, 1.54) is 12.8 Å². The van der Waals surface area contributed by atoms with Gasteiger partial charge in [0.05, 0.1) is 13.2 Å². The molecule has 166 valence electrons. The topological polar surface area (TPSA) is 38.7 Å². The molecule has 1 aliphatic heterocycles. The van der Waals surface area contributed by atoms with E-state index in [0.29, 0.717) is 11.8 Å². The Labute approximate surface area is 184 Å². The molecule has 30 heavy (non-hydrogen) atoms. The molecule has 5 rings (SSSR count). The van der Waals surface area contributed by atoms with Gasteiger partial charge in [-0.15, -0.1) is 5.54 Å². The highest BCUT2D eigenvalue weighted by Gasteiger charge is 2.64. The van der Waals surface area contributed by atoms with Crippen LogP contribution in [0.15, 0.2) is 11.6 Å². The van der Waals surface area contributed by atoms with Crippen molar-refractivity contribution in [2.24, 2.45) is 28.6 Å². The number of fused-ring (bicyclic) bond motifs is 5. The van der Waals surface area contributed by atoms with Crippen LogP contribution in [0.4, 0.5) is 0 Å². The number of hydrogen-bond donors (Lipinski definition) is 1. The predicted molar refractivity (Wildman–Crippen MR) is 122 cm³/mol. The average molecular weight is 429 g/mol. The van der Waals surface area contributed by atoms with E-state index in [1.54, 1.807) is 5.57 Å². The summed E-state index contributed by atoms with van der Waals surface area (Å²) in [7, 11) is -1.50. The summed E-state index contributed by atoms with van der Waals surface area (Å²) >= 11 is 0. The van der Waals surface area contributed by atoms with E-state index in [2.05, 4.69) is 51.0 Å². The van der Waals surface area contributed by atoms with Gasteiger partial charge in [0.25, 0.3) is 0 Å². The molecule has 4 heteroatoms. The zero-order valence-electron chi connectivity index (χ0n) is 19.6. The molecule has 5 aliphatic rings. The van der Waals surface area contributed by atoms with E-state index in [9.17, 15) is 5.11 Å². The van der Waals surface area contributed by atoms with Crippen LogP contribution in [0.1, 0.15) is 65.2 Å². The Morgan fingerprint density at radius 1 is 1.00 bits per heavy atom. The number of aliphatic hydroxyl groups is 1. The summed E-state index contributed by atoms with van der Waals surface area (Å²) in [5, 5.41) is 11.7. The molecule has 0 aromatic rings. The molecule has 1 heterocycles. The van der Waals surface area contributed by atoms with E-state index in [4.69, 9.17) is 9.47 Å². The number of ether oxygens (including phenoxy) is 2. The first-order chi connectivity index (χ1) is 14.0. The molecular weight excluding hydrogens is 388 g/mol. The molecule has 0 aromatic heterocycles. The van der Waals surface area contributed by atoms with Crippen molar-refractivity contribution in [1.82, 2.24) is 0 Å². The van der Waals surface area contributed by atoms with Crippen LogP contribution in [0.2, 0.25) is 19.6 Å². The highest BCUT2D eigenvalue weighted by atomic mass is 28.3. The molecule has 0 unspecified atom stereocenters. The summed E-state index contributed by atoms with van der Waals surface area (Å²) < 4.78 is 12.1. The molecular formula is C26H40O3Si. The van der Waals surface area contributed by atoms with Crippen LogP contribution in [0.3, 0.4) is 0 Å². The van der Waals surface area contributed by atoms with E-state index in [0.717, 1.165) is 57.7 Å². The van der Waals surface area contributed by atoms with Gasteiger partial charge in [-0.2, -0.15) is 0 Å². The summed E-state index contributed by atoms with van der Waals surface area (Å²) in [6.07, 6.45) is 11.2. The van der Waals surface area contributed by atoms with E-state index >= 15 is 0 Å². The third kappa shape index (κ3) is 3.03. The highest BCUT2D eigenvalue weighted by molar-refractivity contribution is 6.83. The van der Waals surface area contributed by atoms with Gasteiger partial charge >= 0.3 is 0 Å². The molecule has 1 spiro atoms. The quantitative estimate of drug-likeness (QED) is 0.323. The molecule has 1 N–H and O–H groups in total. The largest absolute Gasteiger partial charge is 0.377 e. The Balaban J connectivity index is 1.43. The van der Waals surface area contributed by atoms with Crippen molar-refractivity contribution in [1.29, 1.82) is 0 Å². The third-order valence-electron chi connectivity index (χ3n) is 9.72. The van der Waals surface area contributed by atoms with Crippen LogP contribution in [-0.2, 0) is 9.47 Å². The minimum atomic E-state index is -1.50. The monoisotopic (exact) mass is 428 g/mol. The average Bonchev–Trinajstić information content (AvgIpc) is 3.24. The summed E-state index contributed by atoms with van der Waals surface area (Å²) in [5.74, 6) is 5.11. The molecule has 3 nitrogen and oxygen atoms in total. The van der Waals surface area contributed by atoms with Crippen LogP contribution in [0, 0.1) is 40.0 Å². The van der Waals surface area contributed by atoms with Crippen LogP contribution in [0.25, 0.3) is 0 Å². The van der Waals surface area contributed by atoms with Crippen molar-refractivity contribution in [3.63, 3.8) is 0 Å². The van der Waals surface area contributed by atoms with Gasteiger partial charge in [0.1, 0.15) is 13.7 Å². The second-order valence-electron chi connectivity index (χ2n) is 12.4. The number of allylic oxidation sites excluding steroid dienone is 1. The minimum absolute atomic E-state index is 0.0594. The van der Waals surface area contributed by atoms with Crippen molar-refractivity contribution in [2.75, 3.05) is 13.2 Å². The summed E-state index contributed by atoms with van der Waals surface area (Å²) in [6.45, 7) is 13.2. The van der Waals surface area contributed by atoms with Gasteiger partial charge < -0.3 is 14.6 Å². The Morgan fingerprint density at radius 2 is 1.70 bits per heavy atom. The fourth-order valence-corrected chi connectivity index (χ4v) is 8.44. The lowest BCUT2D eigenvalue weighted by molar-refractivity contribution is -0.186. The standard InChI is InChI=1S/C26H40O3Si/c1-23-12-13-26(28-15-16-29-26)18-19(23)6-7-20-21(23)8-10-24(2)22(20)9-11-25(24,27)14-17-30(3,4)5/h6,20-22,27H,7-13,15-16,18H2,1-5H3/t20-,21+,22+,23+,24+,25-/m1/s1. The summed E-state index contributed by atoms with van der Waals surface area (Å²) in [5.41, 5.74) is 4.52. The van der Waals surface area contributed by atoms with E-state index < -0.39 is 13.7 Å². The van der Waals surface area contributed by atoms with Crippen molar-refractivity contribution < 1.29 is 14.6 Å². The van der Waals surface area contributed by atoms with Crippen LogP contribution < -0.4 is 0 Å². The predicted octanol–water partition coefficient (Wildman–Crippen LogP) is 5.30. The zero-order chi connectivity index (χ0) is 21.4. The minimum Gasteiger partial charge on any atom is -0.377 e. The van der Waals surface area contributed by atoms with E-state index in [1.807, 2.05) is 0 Å². The van der Waals surface area contributed by atoms with Crippen LogP contribution >= 0.6 is 0 Å². The molecule has 1 saturated heterocycles. The van der Waals surface area contributed by atoms with Gasteiger partial charge in [0.15, 0.2) is 5.79 Å².